The lowest BCUT2D eigenvalue weighted by Gasteiger charge is -2.14. The van der Waals surface area contributed by atoms with Crippen molar-refractivity contribution < 1.29 is 4.79 Å². The zero-order valence-electron chi connectivity index (χ0n) is 12.1. The molecule has 0 aliphatic rings. The van der Waals surface area contributed by atoms with E-state index in [2.05, 4.69) is 43.3 Å². The summed E-state index contributed by atoms with van der Waals surface area (Å²) in [6.45, 7) is 2.09. The van der Waals surface area contributed by atoms with Crippen molar-refractivity contribution in [3.8, 4) is 0 Å². The first-order valence-electron chi connectivity index (χ1n) is 7.43. The van der Waals surface area contributed by atoms with Gasteiger partial charge in [0.15, 0.2) is 0 Å². The topological polar surface area (TPSA) is 17.1 Å². The normalized spacial score (nSPS) is 12.1. The molecule has 1 nitrogen and oxygen atoms in total. The van der Waals surface area contributed by atoms with Crippen molar-refractivity contribution in [3.05, 3.63) is 71.8 Å². The van der Waals surface area contributed by atoms with Gasteiger partial charge in [0.1, 0.15) is 5.78 Å². The van der Waals surface area contributed by atoms with Gasteiger partial charge in [0.25, 0.3) is 0 Å². The summed E-state index contributed by atoms with van der Waals surface area (Å²) >= 11 is 0. The zero-order valence-corrected chi connectivity index (χ0v) is 12.1. The fraction of sp³-hybridized carbons (Fsp3) is 0.316. The highest BCUT2D eigenvalue weighted by atomic mass is 16.1. The van der Waals surface area contributed by atoms with Gasteiger partial charge < -0.3 is 0 Å². The molecule has 0 aromatic heterocycles. The fourth-order valence-electron chi connectivity index (χ4n) is 2.62. The minimum atomic E-state index is 0.0620. The maximum Gasteiger partial charge on any atom is 0.140 e. The Morgan fingerprint density at radius 1 is 0.950 bits per heavy atom. The van der Waals surface area contributed by atoms with Crippen molar-refractivity contribution in [2.24, 2.45) is 0 Å². The van der Waals surface area contributed by atoms with Gasteiger partial charge in [0, 0.05) is 12.3 Å². The molecule has 0 aliphatic carbocycles. The lowest BCUT2D eigenvalue weighted by atomic mass is 9.89. The van der Waals surface area contributed by atoms with Gasteiger partial charge in [-0.15, -0.1) is 0 Å². The summed E-state index contributed by atoms with van der Waals surface area (Å²) in [5, 5.41) is 0. The van der Waals surface area contributed by atoms with Crippen LogP contribution in [0.2, 0.25) is 0 Å². The third-order valence-corrected chi connectivity index (χ3v) is 3.73. The summed E-state index contributed by atoms with van der Waals surface area (Å²) in [6.07, 6.45) is 3.47. The Bertz CT molecular complexity index is 516. The first-order chi connectivity index (χ1) is 9.81. The molecule has 20 heavy (non-hydrogen) atoms. The molecule has 0 amide bonds. The predicted molar refractivity (Wildman–Crippen MR) is 83.9 cm³/mol. The van der Waals surface area contributed by atoms with Crippen molar-refractivity contribution in [3.63, 3.8) is 0 Å². The van der Waals surface area contributed by atoms with Crippen LogP contribution in [-0.2, 0) is 11.2 Å². The molecular formula is C19H22O. The first-order valence-corrected chi connectivity index (χ1v) is 7.43. The summed E-state index contributed by atoms with van der Waals surface area (Å²) < 4.78 is 0. The molecule has 0 fully saturated rings. The third-order valence-electron chi connectivity index (χ3n) is 3.73. The number of carbonyl (C=O) groups excluding carboxylic acids is 1. The Balaban J connectivity index is 1.87. The molecule has 1 atom stereocenters. The van der Waals surface area contributed by atoms with Crippen LogP contribution < -0.4 is 0 Å². The number of benzene rings is 2. The Hall–Kier alpha value is -1.89. The molecule has 2 rings (SSSR count). The van der Waals surface area contributed by atoms with Crippen LogP contribution >= 0.6 is 0 Å². The zero-order chi connectivity index (χ0) is 14.2. The summed E-state index contributed by atoms with van der Waals surface area (Å²) in [5.74, 6) is 0.432. The smallest absolute Gasteiger partial charge is 0.140 e. The van der Waals surface area contributed by atoms with Crippen molar-refractivity contribution in [2.45, 2.75) is 38.5 Å². The van der Waals surface area contributed by atoms with Crippen molar-refractivity contribution in [1.82, 2.24) is 0 Å². The Labute approximate surface area is 121 Å². The summed E-state index contributed by atoms with van der Waals surface area (Å²) in [4.78, 5) is 12.4. The number of hydrogen-bond acceptors (Lipinski definition) is 1. The highest BCUT2D eigenvalue weighted by molar-refractivity contribution is 5.85. The van der Waals surface area contributed by atoms with E-state index in [9.17, 15) is 4.79 Å². The number of carbonyl (C=O) groups is 1. The Morgan fingerprint density at radius 2 is 1.55 bits per heavy atom. The minimum Gasteiger partial charge on any atom is -0.299 e. The molecule has 0 saturated heterocycles. The maximum atomic E-state index is 12.4. The number of hydrogen-bond donors (Lipinski definition) is 0. The molecule has 104 valence electrons. The second-order valence-electron chi connectivity index (χ2n) is 5.18. The van der Waals surface area contributed by atoms with Crippen LogP contribution in [0.3, 0.4) is 0 Å². The molecular weight excluding hydrogens is 244 g/mol. The predicted octanol–water partition coefficient (Wildman–Crippen LogP) is 4.77. The molecule has 0 aliphatic heterocycles. The average molecular weight is 266 g/mol. The van der Waals surface area contributed by atoms with Gasteiger partial charge in [-0.05, 0) is 30.4 Å². The van der Waals surface area contributed by atoms with E-state index in [1.54, 1.807) is 0 Å². The molecule has 0 spiro atoms. The molecule has 1 heteroatoms. The van der Waals surface area contributed by atoms with Gasteiger partial charge in [-0.1, -0.05) is 67.6 Å². The molecule has 2 aromatic rings. The average Bonchev–Trinajstić information content (AvgIpc) is 2.50. The van der Waals surface area contributed by atoms with Gasteiger partial charge in [-0.25, -0.2) is 0 Å². The molecule has 1 unspecified atom stereocenters. The standard InChI is InChI=1S/C19H22O/c1-2-18(17-13-7-4-8-14-17)19(20)15-9-12-16-10-5-3-6-11-16/h3-8,10-11,13-14,18H,2,9,12,15H2,1H3. The largest absolute Gasteiger partial charge is 0.299 e. The summed E-state index contributed by atoms with van der Waals surface area (Å²) in [6, 6.07) is 20.5. The molecule has 0 N–H and O–H groups in total. The van der Waals surface area contributed by atoms with Crippen LogP contribution in [-0.4, -0.2) is 5.78 Å². The minimum absolute atomic E-state index is 0.0620. The van der Waals surface area contributed by atoms with Crippen LogP contribution in [0.5, 0.6) is 0 Å². The third kappa shape index (κ3) is 4.06. The van der Waals surface area contributed by atoms with Crippen LogP contribution in [0.15, 0.2) is 60.7 Å². The van der Waals surface area contributed by atoms with Gasteiger partial charge in [-0.2, -0.15) is 0 Å². The Kier molecular flexibility index (Phi) is 5.55. The van der Waals surface area contributed by atoms with E-state index in [1.165, 1.54) is 5.56 Å². The molecule has 0 bridgehead atoms. The van der Waals surface area contributed by atoms with Gasteiger partial charge in [-0.3, -0.25) is 4.79 Å². The van der Waals surface area contributed by atoms with Gasteiger partial charge in [0.2, 0.25) is 0 Å². The number of aryl methyl sites for hydroxylation is 1. The van der Waals surface area contributed by atoms with Crippen LogP contribution in [0.1, 0.15) is 43.2 Å². The molecule has 0 radical (unpaired) electrons. The molecule has 0 heterocycles. The van der Waals surface area contributed by atoms with Crippen LogP contribution in [0.25, 0.3) is 0 Å². The van der Waals surface area contributed by atoms with Crippen LogP contribution in [0, 0.1) is 0 Å². The van der Waals surface area contributed by atoms with E-state index in [4.69, 9.17) is 0 Å². The van der Waals surface area contributed by atoms with E-state index in [0.717, 1.165) is 24.8 Å². The fourth-order valence-corrected chi connectivity index (χ4v) is 2.62. The van der Waals surface area contributed by atoms with E-state index in [0.29, 0.717) is 12.2 Å². The maximum absolute atomic E-state index is 12.4. The van der Waals surface area contributed by atoms with Crippen molar-refractivity contribution >= 4 is 5.78 Å². The highest BCUT2D eigenvalue weighted by Gasteiger charge is 2.17. The first kappa shape index (κ1) is 14.5. The van der Waals surface area contributed by atoms with Crippen molar-refractivity contribution in [2.75, 3.05) is 0 Å². The van der Waals surface area contributed by atoms with Gasteiger partial charge >= 0.3 is 0 Å². The van der Waals surface area contributed by atoms with E-state index >= 15 is 0 Å². The highest BCUT2D eigenvalue weighted by Crippen LogP contribution is 2.22. The van der Waals surface area contributed by atoms with E-state index in [1.807, 2.05) is 24.3 Å². The van der Waals surface area contributed by atoms with Crippen molar-refractivity contribution in [1.29, 1.82) is 0 Å². The second kappa shape index (κ2) is 7.64. The second-order valence-corrected chi connectivity index (χ2v) is 5.18. The SMILES string of the molecule is CCC(C(=O)CCCc1ccccc1)c1ccccc1. The number of Topliss-reactive ketones (excluding diaryl/α,β-unsaturated/α-hetero) is 1. The quantitative estimate of drug-likeness (QED) is 0.705. The monoisotopic (exact) mass is 266 g/mol. The van der Waals surface area contributed by atoms with E-state index in [-0.39, 0.29) is 5.92 Å². The molecule has 2 aromatic carbocycles. The van der Waals surface area contributed by atoms with E-state index < -0.39 is 0 Å². The van der Waals surface area contributed by atoms with Gasteiger partial charge in [0.05, 0.1) is 0 Å². The lowest BCUT2D eigenvalue weighted by molar-refractivity contribution is -0.120. The summed E-state index contributed by atoms with van der Waals surface area (Å²) in [7, 11) is 0. The number of ketones is 1. The molecule has 0 saturated carbocycles. The Morgan fingerprint density at radius 3 is 2.15 bits per heavy atom. The number of rotatable bonds is 7. The lowest BCUT2D eigenvalue weighted by Crippen LogP contribution is -2.11. The summed E-state index contributed by atoms with van der Waals surface area (Å²) in [5.41, 5.74) is 2.47. The van der Waals surface area contributed by atoms with Crippen LogP contribution in [0.4, 0.5) is 0 Å².